The lowest BCUT2D eigenvalue weighted by Crippen LogP contribution is -2.04. The number of Topliss-reactive ketones (excluding diaryl/α,β-unsaturated/α-hetero) is 1. The van der Waals surface area contributed by atoms with Gasteiger partial charge in [-0.3, -0.25) is 4.79 Å². The third kappa shape index (κ3) is 2.90. The van der Waals surface area contributed by atoms with E-state index in [1.807, 2.05) is 24.3 Å². The van der Waals surface area contributed by atoms with Gasteiger partial charge in [-0.1, -0.05) is 24.3 Å². The summed E-state index contributed by atoms with van der Waals surface area (Å²) in [6.07, 6.45) is 4.08. The Morgan fingerprint density at radius 1 is 1.27 bits per heavy atom. The van der Waals surface area contributed by atoms with E-state index in [1.54, 1.807) is 0 Å². The van der Waals surface area contributed by atoms with Crippen LogP contribution in [0.5, 0.6) is 0 Å². The zero-order chi connectivity index (χ0) is 10.7. The summed E-state index contributed by atoms with van der Waals surface area (Å²) in [5, 5.41) is 0. The van der Waals surface area contributed by atoms with Crippen molar-refractivity contribution in [3.05, 3.63) is 35.4 Å². The van der Waals surface area contributed by atoms with E-state index in [2.05, 4.69) is 0 Å². The Hall–Kier alpha value is -1.15. The van der Waals surface area contributed by atoms with E-state index in [9.17, 15) is 4.79 Å². The Morgan fingerprint density at radius 2 is 1.93 bits per heavy atom. The van der Waals surface area contributed by atoms with Crippen LogP contribution < -0.4 is 5.73 Å². The maximum absolute atomic E-state index is 11.7. The molecule has 1 fully saturated rings. The third-order valence-electron chi connectivity index (χ3n) is 2.88. The largest absolute Gasteiger partial charge is 0.330 e. The van der Waals surface area contributed by atoms with Crippen LogP contribution in [-0.2, 0) is 6.42 Å². The summed E-state index contributed by atoms with van der Waals surface area (Å²) in [5.41, 5.74) is 7.52. The molecule has 0 amide bonds. The molecule has 0 aliphatic heterocycles. The maximum Gasteiger partial charge on any atom is 0.163 e. The molecule has 0 spiro atoms. The summed E-state index contributed by atoms with van der Waals surface area (Å²) in [4.78, 5) is 11.7. The van der Waals surface area contributed by atoms with Crippen molar-refractivity contribution in [1.29, 1.82) is 0 Å². The molecular weight excluding hydrogens is 186 g/mol. The molecule has 0 bridgehead atoms. The fourth-order valence-electron chi connectivity index (χ4n) is 1.73. The molecule has 2 nitrogen and oxygen atoms in total. The minimum absolute atomic E-state index is 0.289. The number of hydrogen-bond donors (Lipinski definition) is 1. The highest BCUT2D eigenvalue weighted by atomic mass is 16.1. The first-order valence-electron chi connectivity index (χ1n) is 5.62. The molecule has 0 aromatic heterocycles. The lowest BCUT2D eigenvalue weighted by atomic mass is 10.0. The van der Waals surface area contributed by atoms with Gasteiger partial charge in [0.15, 0.2) is 5.78 Å². The molecule has 0 heterocycles. The van der Waals surface area contributed by atoms with Crippen LogP contribution in [0.1, 0.15) is 35.2 Å². The number of hydrogen-bond acceptors (Lipinski definition) is 2. The number of carbonyl (C=O) groups is 1. The first-order chi connectivity index (χ1) is 7.29. The Bertz CT molecular complexity index is 338. The van der Waals surface area contributed by atoms with Crippen molar-refractivity contribution in [3.63, 3.8) is 0 Å². The summed E-state index contributed by atoms with van der Waals surface area (Å²) >= 11 is 0. The molecule has 2 heteroatoms. The van der Waals surface area contributed by atoms with Gasteiger partial charge in [-0.05, 0) is 37.3 Å². The van der Waals surface area contributed by atoms with E-state index in [0.717, 1.165) is 18.4 Å². The standard InChI is InChI=1S/C13H17NO/c14-8-7-10-3-5-12(6-4-10)13(15)9-11-1-2-11/h3-6,11H,1-2,7-9,14H2. The van der Waals surface area contributed by atoms with Crippen molar-refractivity contribution >= 4 is 5.78 Å². The highest BCUT2D eigenvalue weighted by Gasteiger charge is 2.24. The topological polar surface area (TPSA) is 43.1 Å². The van der Waals surface area contributed by atoms with Crippen LogP contribution in [0.2, 0.25) is 0 Å². The Morgan fingerprint density at radius 3 is 2.47 bits per heavy atom. The van der Waals surface area contributed by atoms with Crippen LogP contribution in [0.15, 0.2) is 24.3 Å². The summed E-state index contributed by atoms with van der Waals surface area (Å²) in [6, 6.07) is 7.87. The number of carbonyl (C=O) groups excluding carboxylic acids is 1. The Balaban J connectivity index is 1.98. The summed E-state index contributed by atoms with van der Waals surface area (Å²) in [6.45, 7) is 0.662. The van der Waals surface area contributed by atoms with E-state index in [4.69, 9.17) is 5.73 Å². The molecule has 2 rings (SSSR count). The minimum atomic E-state index is 0.289. The van der Waals surface area contributed by atoms with Gasteiger partial charge in [0.05, 0.1) is 0 Å². The number of nitrogens with two attached hydrogens (primary N) is 1. The quantitative estimate of drug-likeness (QED) is 0.745. The second-order valence-corrected chi connectivity index (χ2v) is 4.31. The molecule has 0 radical (unpaired) electrons. The average molecular weight is 203 g/mol. The molecule has 15 heavy (non-hydrogen) atoms. The zero-order valence-corrected chi connectivity index (χ0v) is 8.91. The van der Waals surface area contributed by atoms with Crippen LogP contribution in [0.4, 0.5) is 0 Å². The average Bonchev–Trinajstić information content (AvgIpc) is 3.03. The van der Waals surface area contributed by atoms with Crippen LogP contribution in [0.3, 0.4) is 0 Å². The first kappa shape index (κ1) is 10.4. The first-order valence-corrected chi connectivity index (χ1v) is 5.62. The van der Waals surface area contributed by atoms with E-state index in [1.165, 1.54) is 18.4 Å². The van der Waals surface area contributed by atoms with Gasteiger partial charge in [0.1, 0.15) is 0 Å². The zero-order valence-electron chi connectivity index (χ0n) is 8.91. The Kier molecular flexibility index (Phi) is 3.17. The number of benzene rings is 1. The summed E-state index contributed by atoms with van der Waals surface area (Å²) in [5.74, 6) is 0.956. The van der Waals surface area contributed by atoms with Gasteiger partial charge >= 0.3 is 0 Å². The molecule has 1 saturated carbocycles. The lowest BCUT2D eigenvalue weighted by molar-refractivity contribution is 0.0976. The second-order valence-electron chi connectivity index (χ2n) is 4.31. The monoisotopic (exact) mass is 203 g/mol. The Labute approximate surface area is 90.5 Å². The van der Waals surface area contributed by atoms with Gasteiger partial charge in [0.25, 0.3) is 0 Å². The van der Waals surface area contributed by atoms with E-state index >= 15 is 0 Å². The minimum Gasteiger partial charge on any atom is -0.330 e. The lowest BCUT2D eigenvalue weighted by Gasteiger charge is -2.02. The molecule has 80 valence electrons. The highest BCUT2D eigenvalue weighted by Crippen LogP contribution is 2.33. The fourth-order valence-corrected chi connectivity index (χ4v) is 1.73. The number of rotatable bonds is 5. The van der Waals surface area contributed by atoms with Crippen LogP contribution in [0, 0.1) is 5.92 Å². The predicted molar refractivity (Wildman–Crippen MR) is 60.9 cm³/mol. The van der Waals surface area contributed by atoms with Gasteiger partial charge in [0.2, 0.25) is 0 Å². The van der Waals surface area contributed by atoms with Crippen molar-refractivity contribution in [1.82, 2.24) is 0 Å². The molecule has 1 aromatic carbocycles. The third-order valence-corrected chi connectivity index (χ3v) is 2.88. The van der Waals surface area contributed by atoms with Crippen LogP contribution in [0.25, 0.3) is 0 Å². The molecule has 2 N–H and O–H groups in total. The van der Waals surface area contributed by atoms with Crippen molar-refractivity contribution in [2.24, 2.45) is 11.7 Å². The van der Waals surface area contributed by atoms with Gasteiger partial charge in [0, 0.05) is 12.0 Å². The van der Waals surface area contributed by atoms with Crippen molar-refractivity contribution in [2.75, 3.05) is 6.54 Å². The van der Waals surface area contributed by atoms with Crippen molar-refractivity contribution in [2.45, 2.75) is 25.7 Å². The smallest absolute Gasteiger partial charge is 0.163 e. The predicted octanol–water partition coefficient (Wildman–Crippen LogP) is 2.17. The van der Waals surface area contributed by atoms with E-state index in [-0.39, 0.29) is 5.78 Å². The van der Waals surface area contributed by atoms with Gasteiger partial charge < -0.3 is 5.73 Å². The van der Waals surface area contributed by atoms with Crippen molar-refractivity contribution < 1.29 is 4.79 Å². The highest BCUT2D eigenvalue weighted by molar-refractivity contribution is 5.96. The second kappa shape index (κ2) is 4.58. The summed E-state index contributed by atoms with van der Waals surface area (Å²) < 4.78 is 0. The molecule has 0 atom stereocenters. The van der Waals surface area contributed by atoms with Crippen LogP contribution >= 0.6 is 0 Å². The van der Waals surface area contributed by atoms with Crippen molar-refractivity contribution in [3.8, 4) is 0 Å². The number of ketones is 1. The molecule has 1 aliphatic rings. The molecule has 1 aromatic rings. The van der Waals surface area contributed by atoms with Crippen LogP contribution in [-0.4, -0.2) is 12.3 Å². The summed E-state index contributed by atoms with van der Waals surface area (Å²) in [7, 11) is 0. The maximum atomic E-state index is 11.7. The normalized spacial score (nSPS) is 15.3. The SMILES string of the molecule is NCCc1ccc(C(=O)CC2CC2)cc1. The van der Waals surface area contributed by atoms with Gasteiger partial charge in [-0.2, -0.15) is 0 Å². The molecule has 1 aliphatic carbocycles. The molecule has 0 unspecified atom stereocenters. The van der Waals surface area contributed by atoms with Gasteiger partial charge in [-0.25, -0.2) is 0 Å². The van der Waals surface area contributed by atoms with E-state index < -0.39 is 0 Å². The van der Waals surface area contributed by atoms with E-state index in [0.29, 0.717) is 12.5 Å². The molecular formula is C13H17NO. The molecule has 0 saturated heterocycles. The van der Waals surface area contributed by atoms with Gasteiger partial charge in [-0.15, -0.1) is 0 Å². The fraction of sp³-hybridized carbons (Fsp3) is 0.462.